The van der Waals surface area contributed by atoms with Crippen LogP contribution >= 0.6 is 11.3 Å². The molecule has 2 aromatic heterocycles. The van der Waals surface area contributed by atoms with Crippen molar-refractivity contribution in [3.8, 4) is 0 Å². The van der Waals surface area contributed by atoms with Gasteiger partial charge in [0.2, 0.25) is 0 Å². The van der Waals surface area contributed by atoms with Gasteiger partial charge < -0.3 is 5.32 Å². The zero-order chi connectivity index (χ0) is 14.9. The molecule has 0 saturated carbocycles. The van der Waals surface area contributed by atoms with Crippen molar-refractivity contribution < 1.29 is 0 Å². The van der Waals surface area contributed by atoms with Gasteiger partial charge in [-0.1, -0.05) is 19.9 Å². The van der Waals surface area contributed by atoms with E-state index in [1.807, 2.05) is 17.5 Å². The Kier molecular flexibility index (Phi) is 6.96. The molecule has 0 aliphatic carbocycles. The van der Waals surface area contributed by atoms with Gasteiger partial charge in [-0.2, -0.15) is 5.10 Å². The van der Waals surface area contributed by atoms with Gasteiger partial charge >= 0.3 is 0 Å². The van der Waals surface area contributed by atoms with E-state index < -0.39 is 0 Å². The maximum absolute atomic E-state index is 4.47. The summed E-state index contributed by atoms with van der Waals surface area (Å²) in [6.45, 7) is 6.51. The first-order chi connectivity index (χ1) is 10.3. The molecule has 2 aromatic rings. The highest BCUT2D eigenvalue weighted by Gasteiger charge is 2.15. The van der Waals surface area contributed by atoms with Gasteiger partial charge in [0.05, 0.1) is 5.69 Å². The Hall–Kier alpha value is -1.13. The molecule has 1 atom stereocenters. The van der Waals surface area contributed by atoms with Gasteiger partial charge in [-0.3, -0.25) is 4.68 Å². The Morgan fingerprint density at radius 3 is 2.90 bits per heavy atom. The number of hydrogen-bond donors (Lipinski definition) is 1. The van der Waals surface area contributed by atoms with Crippen molar-refractivity contribution in [1.29, 1.82) is 0 Å². The second-order valence-electron chi connectivity index (χ2n) is 5.46. The van der Waals surface area contributed by atoms with Gasteiger partial charge in [0, 0.05) is 23.7 Å². The third-order valence-corrected chi connectivity index (χ3v) is 4.61. The van der Waals surface area contributed by atoms with Crippen LogP contribution in [0.1, 0.15) is 56.1 Å². The van der Waals surface area contributed by atoms with Crippen LogP contribution in [0.2, 0.25) is 0 Å². The van der Waals surface area contributed by atoms with Crippen LogP contribution in [0, 0.1) is 0 Å². The highest BCUT2D eigenvalue weighted by molar-refractivity contribution is 7.09. The molecule has 1 N–H and O–H groups in total. The number of aromatic nitrogens is 2. The number of rotatable bonds is 10. The largest absolute Gasteiger partial charge is 0.309 e. The molecule has 0 radical (unpaired) electrons. The average Bonchev–Trinajstić information content (AvgIpc) is 3.15. The fourth-order valence-corrected chi connectivity index (χ4v) is 3.40. The lowest BCUT2D eigenvalue weighted by atomic mass is 10.1. The summed E-state index contributed by atoms with van der Waals surface area (Å²) in [7, 11) is 0. The van der Waals surface area contributed by atoms with Crippen LogP contribution in [0.5, 0.6) is 0 Å². The van der Waals surface area contributed by atoms with E-state index in [2.05, 4.69) is 52.5 Å². The van der Waals surface area contributed by atoms with Gasteiger partial charge in [-0.05, 0) is 56.2 Å². The zero-order valence-electron chi connectivity index (χ0n) is 13.2. The number of nitrogens with zero attached hydrogens (tertiary/aromatic N) is 2. The maximum Gasteiger partial charge on any atom is 0.0553 e. The van der Waals surface area contributed by atoms with Gasteiger partial charge in [0.15, 0.2) is 0 Å². The molecule has 4 heteroatoms. The molecule has 0 aliphatic rings. The summed E-state index contributed by atoms with van der Waals surface area (Å²) in [5, 5.41) is 10.3. The normalized spacial score (nSPS) is 12.7. The van der Waals surface area contributed by atoms with Gasteiger partial charge in [-0.25, -0.2) is 0 Å². The molecule has 0 fully saturated rings. The van der Waals surface area contributed by atoms with E-state index >= 15 is 0 Å². The SMILES string of the molecule is CCCNC(CCCc1cccs1)c1ccnn1CCC. The van der Waals surface area contributed by atoms with Crippen LogP contribution in [-0.2, 0) is 13.0 Å². The summed E-state index contributed by atoms with van der Waals surface area (Å²) in [5.74, 6) is 0. The Labute approximate surface area is 132 Å². The minimum atomic E-state index is 0.430. The van der Waals surface area contributed by atoms with E-state index in [4.69, 9.17) is 0 Å². The first-order valence-corrected chi connectivity index (χ1v) is 9.00. The van der Waals surface area contributed by atoms with E-state index in [1.54, 1.807) is 0 Å². The van der Waals surface area contributed by atoms with Crippen LogP contribution in [0.15, 0.2) is 29.8 Å². The third kappa shape index (κ3) is 4.97. The van der Waals surface area contributed by atoms with Gasteiger partial charge in [0.1, 0.15) is 0 Å². The lowest BCUT2D eigenvalue weighted by molar-refractivity contribution is 0.439. The molecule has 21 heavy (non-hydrogen) atoms. The molecule has 0 aliphatic heterocycles. The monoisotopic (exact) mass is 305 g/mol. The molecule has 3 nitrogen and oxygen atoms in total. The summed E-state index contributed by atoms with van der Waals surface area (Å²) in [6, 6.07) is 6.98. The Balaban J connectivity index is 1.94. The zero-order valence-corrected chi connectivity index (χ0v) is 14.0. The quantitative estimate of drug-likeness (QED) is 0.704. The van der Waals surface area contributed by atoms with E-state index in [9.17, 15) is 0 Å². The second kappa shape index (κ2) is 9.00. The standard InChI is InChI=1S/C17H27N3S/c1-3-11-18-16(9-5-7-15-8-6-14-21-15)17-10-12-19-20(17)13-4-2/h6,8,10,12,14,16,18H,3-5,7,9,11,13H2,1-2H3. The summed E-state index contributed by atoms with van der Waals surface area (Å²) in [6.07, 6.45) is 7.81. The van der Waals surface area contributed by atoms with Gasteiger partial charge in [-0.15, -0.1) is 11.3 Å². The Morgan fingerprint density at radius 1 is 1.29 bits per heavy atom. The van der Waals surface area contributed by atoms with E-state index in [1.165, 1.54) is 36.3 Å². The smallest absolute Gasteiger partial charge is 0.0553 e. The third-order valence-electron chi connectivity index (χ3n) is 3.68. The number of hydrogen-bond acceptors (Lipinski definition) is 3. The highest BCUT2D eigenvalue weighted by Crippen LogP contribution is 2.21. The van der Waals surface area contributed by atoms with Crippen LogP contribution in [-0.4, -0.2) is 16.3 Å². The lowest BCUT2D eigenvalue weighted by Gasteiger charge is -2.20. The van der Waals surface area contributed by atoms with Crippen molar-refractivity contribution in [2.24, 2.45) is 0 Å². The summed E-state index contributed by atoms with van der Waals surface area (Å²) in [5.41, 5.74) is 1.34. The topological polar surface area (TPSA) is 29.9 Å². The molecule has 0 spiro atoms. The van der Waals surface area contributed by atoms with E-state index in [0.29, 0.717) is 6.04 Å². The lowest BCUT2D eigenvalue weighted by Crippen LogP contribution is -2.25. The molecule has 2 rings (SSSR count). The van der Waals surface area contributed by atoms with Crippen molar-refractivity contribution in [2.75, 3.05) is 6.54 Å². The molecule has 0 amide bonds. The fourth-order valence-electron chi connectivity index (χ4n) is 2.65. The second-order valence-corrected chi connectivity index (χ2v) is 6.49. The molecular formula is C17H27N3S. The van der Waals surface area contributed by atoms with Crippen molar-refractivity contribution in [2.45, 2.75) is 58.5 Å². The average molecular weight is 305 g/mol. The summed E-state index contributed by atoms with van der Waals surface area (Å²) >= 11 is 1.86. The fraction of sp³-hybridized carbons (Fsp3) is 0.588. The van der Waals surface area contributed by atoms with Crippen molar-refractivity contribution in [1.82, 2.24) is 15.1 Å². The number of nitrogens with one attached hydrogen (secondary N) is 1. The van der Waals surface area contributed by atoms with Crippen molar-refractivity contribution >= 4 is 11.3 Å². The molecular weight excluding hydrogens is 278 g/mol. The highest BCUT2D eigenvalue weighted by atomic mass is 32.1. The Morgan fingerprint density at radius 2 is 2.19 bits per heavy atom. The van der Waals surface area contributed by atoms with Gasteiger partial charge in [0.25, 0.3) is 0 Å². The molecule has 2 heterocycles. The first-order valence-electron chi connectivity index (χ1n) is 8.12. The maximum atomic E-state index is 4.47. The van der Waals surface area contributed by atoms with Crippen LogP contribution in [0.4, 0.5) is 0 Å². The Bertz CT molecular complexity index is 490. The predicted octanol–water partition coefficient (Wildman–Crippen LogP) is 4.42. The predicted molar refractivity (Wildman–Crippen MR) is 90.8 cm³/mol. The molecule has 0 aromatic carbocycles. The minimum absolute atomic E-state index is 0.430. The molecule has 0 saturated heterocycles. The van der Waals surface area contributed by atoms with Crippen LogP contribution in [0.3, 0.4) is 0 Å². The van der Waals surface area contributed by atoms with Crippen molar-refractivity contribution in [3.05, 3.63) is 40.3 Å². The summed E-state index contributed by atoms with van der Waals surface area (Å²) < 4.78 is 2.17. The van der Waals surface area contributed by atoms with Crippen LogP contribution < -0.4 is 5.32 Å². The minimum Gasteiger partial charge on any atom is -0.309 e. The number of thiophene rings is 1. The van der Waals surface area contributed by atoms with E-state index in [-0.39, 0.29) is 0 Å². The first kappa shape index (κ1) is 16.2. The molecule has 1 unspecified atom stereocenters. The van der Waals surface area contributed by atoms with E-state index in [0.717, 1.165) is 19.5 Å². The van der Waals surface area contributed by atoms with Crippen LogP contribution in [0.25, 0.3) is 0 Å². The molecule has 0 bridgehead atoms. The summed E-state index contributed by atoms with van der Waals surface area (Å²) in [4.78, 5) is 1.49. The van der Waals surface area contributed by atoms with Crippen molar-refractivity contribution in [3.63, 3.8) is 0 Å². The molecule has 116 valence electrons. The number of aryl methyl sites for hydroxylation is 2.